The molecule has 1 aliphatic rings. The van der Waals surface area contributed by atoms with E-state index in [1.807, 2.05) is 0 Å². The first-order valence-electron chi connectivity index (χ1n) is 9.60. The van der Waals surface area contributed by atoms with Gasteiger partial charge in [-0.25, -0.2) is 13.2 Å². The Morgan fingerprint density at radius 1 is 1.06 bits per heavy atom. The molecule has 0 bridgehead atoms. The molecular weight excluding hydrogens is 409 g/mol. The molecule has 3 aromatic heterocycles. The third-order valence-electron chi connectivity index (χ3n) is 5.60. The summed E-state index contributed by atoms with van der Waals surface area (Å²) in [5, 5.41) is 9.53. The average Bonchev–Trinajstić information content (AvgIpc) is 3.27. The monoisotopic (exact) mass is 426 g/mol. The fourth-order valence-electron chi connectivity index (χ4n) is 4.16. The molecule has 0 unspecified atom stereocenters. The van der Waals surface area contributed by atoms with Gasteiger partial charge in [-0.05, 0) is 24.6 Å². The molecule has 158 valence electrons. The summed E-state index contributed by atoms with van der Waals surface area (Å²) < 4.78 is 44.0. The van der Waals surface area contributed by atoms with E-state index in [1.165, 1.54) is 4.68 Å². The van der Waals surface area contributed by atoms with E-state index in [2.05, 4.69) is 15.2 Å². The molecule has 5 rings (SSSR count). The Hall–Kier alpha value is -3.69. The van der Waals surface area contributed by atoms with E-state index in [9.17, 15) is 18.0 Å². The van der Waals surface area contributed by atoms with Crippen molar-refractivity contribution in [2.24, 2.45) is 14.1 Å². The van der Waals surface area contributed by atoms with E-state index in [0.717, 1.165) is 23.2 Å². The molecule has 31 heavy (non-hydrogen) atoms. The predicted octanol–water partition coefficient (Wildman–Crippen LogP) is 2.98. The van der Waals surface area contributed by atoms with Crippen LogP contribution in [0, 0.1) is 17.5 Å². The second-order valence-corrected chi connectivity index (χ2v) is 7.49. The van der Waals surface area contributed by atoms with Crippen LogP contribution in [0.15, 0.2) is 30.6 Å². The number of rotatable bonds is 2. The second kappa shape index (κ2) is 6.93. The Balaban J connectivity index is 1.49. The van der Waals surface area contributed by atoms with Crippen LogP contribution in [0.25, 0.3) is 22.2 Å². The van der Waals surface area contributed by atoms with Crippen molar-refractivity contribution in [2.75, 3.05) is 6.54 Å². The number of pyridine rings is 1. The minimum atomic E-state index is -1.51. The lowest BCUT2D eigenvalue weighted by molar-refractivity contribution is 0.0727. The molecule has 0 saturated heterocycles. The van der Waals surface area contributed by atoms with Gasteiger partial charge < -0.3 is 4.90 Å². The minimum Gasteiger partial charge on any atom is -0.331 e. The second-order valence-electron chi connectivity index (χ2n) is 7.49. The standard InChI is InChI=1S/C21H17F3N6O/c1-28-17-9-25-5-3-13(17)19(27-28)21(31)30-6-4-12-16(10-30)26-29(2)20(12)11-7-14(22)18(24)15(23)8-11/h3,5,7-9H,4,6,10H2,1-2H3. The van der Waals surface area contributed by atoms with Crippen molar-refractivity contribution in [2.45, 2.75) is 13.0 Å². The van der Waals surface area contributed by atoms with Gasteiger partial charge in [0.1, 0.15) is 0 Å². The van der Waals surface area contributed by atoms with Crippen molar-refractivity contribution in [1.82, 2.24) is 29.4 Å². The van der Waals surface area contributed by atoms with Crippen LogP contribution in [0.3, 0.4) is 0 Å². The zero-order valence-corrected chi connectivity index (χ0v) is 16.7. The molecule has 0 spiro atoms. The summed E-state index contributed by atoms with van der Waals surface area (Å²) in [5.41, 5.74) is 3.22. The van der Waals surface area contributed by atoms with Gasteiger partial charge in [-0.15, -0.1) is 0 Å². The molecule has 4 aromatic rings. The number of amides is 1. The Bertz CT molecular complexity index is 1340. The summed E-state index contributed by atoms with van der Waals surface area (Å²) in [6.07, 6.45) is 3.71. The molecule has 0 saturated carbocycles. The number of halogens is 3. The lowest BCUT2D eigenvalue weighted by Crippen LogP contribution is -2.36. The highest BCUT2D eigenvalue weighted by molar-refractivity contribution is 6.04. The van der Waals surface area contributed by atoms with Gasteiger partial charge in [0.2, 0.25) is 0 Å². The molecule has 1 aliphatic heterocycles. The molecule has 7 nitrogen and oxygen atoms in total. The smallest absolute Gasteiger partial charge is 0.275 e. The first kappa shape index (κ1) is 19.3. The zero-order valence-electron chi connectivity index (χ0n) is 16.7. The Morgan fingerprint density at radius 2 is 1.81 bits per heavy atom. The summed E-state index contributed by atoms with van der Waals surface area (Å²) in [6, 6.07) is 3.67. The van der Waals surface area contributed by atoms with Gasteiger partial charge in [0.05, 0.1) is 29.6 Å². The maximum atomic E-state index is 13.8. The third-order valence-corrected chi connectivity index (χ3v) is 5.60. The Morgan fingerprint density at radius 3 is 2.55 bits per heavy atom. The summed E-state index contributed by atoms with van der Waals surface area (Å²) in [6.45, 7) is 0.622. The number of nitrogens with zero attached hydrogens (tertiary/aromatic N) is 6. The van der Waals surface area contributed by atoms with Crippen molar-refractivity contribution >= 4 is 16.8 Å². The lowest BCUT2D eigenvalue weighted by atomic mass is 9.99. The highest BCUT2D eigenvalue weighted by atomic mass is 19.2. The fraction of sp³-hybridized carbons (Fsp3) is 0.238. The van der Waals surface area contributed by atoms with E-state index in [-0.39, 0.29) is 18.0 Å². The molecule has 0 radical (unpaired) electrons. The molecule has 1 aromatic carbocycles. The van der Waals surface area contributed by atoms with Gasteiger partial charge in [0, 0.05) is 43.4 Å². The van der Waals surface area contributed by atoms with Crippen LogP contribution in [0.4, 0.5) is 13.2 Å². The largest absolute Gasteiger partial charge is 0.331 e. The normalized spacial score (nSPS) is 13.6. The van der Waals surface area contributed by atoms with Crippen LogP contribution < -0.4 is 0 Å². The van der Waals surface area contributed by atoms with Gasteiger partial charge in [-0.2, -0.15) is 10.2 Å². The number of hydrogen-bond donors (Lipinski definition) is 0. The summed E-state index contributed by atoms with van der Waals surface area (Å²) in [7, 11) is 3.40. The van der Waals surface area contributed by atoms with E-state index in [0.29, 0.717) is 35.4 Å². The van der Waals surface area contributed by atoms with E-state index in [1.54, 1.807) is 42.1 Å². The zero-order chi connectivity index (χ0) is 21.9. The lowest BCUT2D eigenvalue weighted by Gasteiger charge is -2.26. The van der Waals surface area contributed by atoms with E-state index < -0.39 is 17.5 Å². The molecule has 0 fully saturated rings. The van der Waals surface area contributed by atoms with Gasteiger partial charge in [0.15, 0.2) is 23.1 Å². The first-order valence-corrected chi connectivity index (χ1v) is 9.60. The van der Waals surface area contributed by atoms with Crippen LogP contribution in [0.5, 0.6) is 0 Å². The third kappa shape index (κ3) is 2.97. The number of fused-ring (bicyclic) bond motifs is 2. The molecule has 0 atom stereocenters. The molecule has 10 heteroatoms. The van der Waals surface area contributed by atoms with Crippen LogP contribution in [-0.4, -0.2) is 41.9 Å². The average molecular weight is 426 g/mol. The van der Waals surface area contributed by atoms with Crippen molar-refractivity contribution < 1.29 is 18.0 Å². The minimum absolute atomic E-state index is 0.204. The van der Waals surface area contributed by atoms with Crippen LogP contribution in [-0.2, 0) is 27.1 Å². The quantitative estimate of drug-likeness (QED) is 0.462. The van der Waals surface area contributed by atoms with Crippen molar-refractivity contribution in [3.63, 3.8) is 0 Å². The molecule has 0 N–H and O–H groups in total. The first-order chi connectivity index (χ1) is 14.8. The van der Waals surface area contributed by atoms with Crippen molar-refractivity contribution in [1.29, 1.82) is 0 Å². The highest BCUT2D eigenvalue weighted by Crippen LogP contribution is 2.32. The maximum absolute atomic E-state index is 13.8. The molecule has 1 amide bonds. The van der Waals surface area contributed by atoms with E-state index in [4.69, 9.17) is 0 Å². The van der Waals surface area contributed by atoms with Gasteiger partial charge in [0.25, 0.3) is 5.91 Å². The van der Waals surface area contributed by atoms with Gasteiger partial charge >= 0.3 is 0 Å². The van der Waals surface area contributed by atoms with E-state index >= 15 is 0 Å². The van der Waals surface area contributed by atoms with Gasteiger partial charge in [-0.1, -0.05) is 0 Å². The number of benzene rings is 1. The summed E-state index contributed by atoms with van der Waals surface area (Å²) >= 11 is 0. The molecule has 4 heterocycles. The van der Waals surface area contributed by atoms with Gasteiger partial charge in [-0.3, -0.25) is 19.1 Å². The van der Waals surface area contributed by atoms with Crippen LogP contribution in [0.2, 0.25) is 0 Å². The SMILES string of the molecule is Cn1nc2c(c1-c1cc(F)c(F)c(F)c1)CCN(C(=O)c1nn(C)c3cnccc13)C2. The number of aromatic nitrogens is 5. The Labute approximate surface area is 174 Å². The highest BCUT2D eigenvalue weighted by Gasteiger charge is 2.30. The number of aryl methyl sites for hydroxylation is 2. The van der Waals surface area contributed by atoms with Crippen LogP contribution in [0.1, 0.15) is 21.7 Å². The summed E-state index contributed by atoms with van der Waals surface area (Å²) in [4.78, 5) is 18.9. The number of carbonyl (C=O) groups excluding carboxylic acids is 1. The summed E-state index contributed by atoms with van der Waals surface area (Å²) in [5.74, 6) is -4.24. The maximum Gasteiger partial charge on any atom is 0.275 e. The number of hydrogen-bond acceptors (Lipinski definition) is 4. The van der Waals surface area contributed by atoms with Crippen molar-refractivity contribution in [3.05, 3.63) is 65.0 Å². The topological polar surface area (TPSA) is 68.8 Å². The van der Waals surface area contributed by atoms with Crippen LogP contribution >= 0.6 is 0 Å². The fourth-order valence-corrected chi connectivity index (χ4v) is 4.16. The molecular formula is C21H17F3N6O. The number of carbonyl (C=O) groups is 1. The van der Waals surface area contributed by atoms with Crippen molar-refractivity contribution in [3.8, 4) is 11.3 Å². The predicted molar refractivity (Wildman–Crippen MR) is 105 cm³/mol. The molecule has 0 aliphatic carbocycles. The Kier molecular flexibility index (Phi) is 4.31.